The predicted molar refractivity (Wildman–Crippen MR) is 54.2 cm³/mol. The lowest BCUT2D eigenvalue weighted by molar-refractivity contribution is -0.124. The molecule has 1 heterocycles. The molecule has 2 N–H and O–H groups in total. The Balaban J connectivity index is 2.32. The zero-order chi connectivity index (χ0) is 10.2. The topological polar surface area (TPSA) is 64.9 Å². The molecule has 4 nitrogen and oxygen atoms in total. The first-order valence-electron chi connectivity index (χ1n) is 4.70. The molecule has 1 aliphatic heterocycles. The van der Waals surface area contributed by atoms with Crippen LogP contribution >= 0.6 is 12.2 Å². The highest BCUT2D eigenvalue weighted by atomic mass is 32.1. The number of carbonyl (C=O) groups excluding carboxylic acids is 1. The summed E-state index contributed by atoms with van der Waals surface area (Å²) in [7, 11) is 0. The van der Waals surface area contributed by atoms with Gasteiger partial charge in [-0.05, 0) is 25.1 Å². The first-order valence-corrected chi connectivity index (χ1v) is 5.11. The lowest BCUT2D eigenvalue weighted by Gasteiger charge is -2.38. The Morgan fingerprint density at radius 2 is 2.14 bits per heavy atom. The molecular weight excluding hydrogens is 198 g/mol. The molecule has 0 aromatic heterocycles. The van der Waals surface area contributed by atoms with Crippen molar-refractivity contribution in [2.75, 3.05) is 0 Å². The van der Waals surface area contributed by atoms with Crippen LogP contribution in [0.1, 0.15) is 25.7 Å². The number of nitriles is 1. The van der Waals surface area contributed by atoms with E-state index in [4.69, 9.17) is 17.5 Å². The second kappa shape index (κ2) is 3.21. The number of amides is 1. The van der Waals surface area contributed by atoms with Crippen LogP contribution in [0.3, 0.4) is 0 Å². The largest absolute Gasteiger partial charge is 0.355 e. The van der Waals surface area contributed by atoms with Gasteiger partial charge in [0, 0.05) is 0 Å². The van der Waals surface area contributed by atoms with Gasteiger partial charge in [0.05, 0.1) is 11.6 Å². The van der Waals surface area contributed by atoms with Gasteiger partial charge in [-0.2, -0.15) is 5.26 Å². The van der Waals surface area contributed by atoms with E-state index in [1.807, 2.05) is 0 Å². The van der Waals surface area contributed by atoms with Crippen molar-refractivity contribution in [3.63, 3.8) is 0 Å². The van der Waals surface area contributed by atoms with Crippen molar-refractivity contribution in [2.24, 2.45) is 5.92 Å². The van der Waals surface area contributed by atoms with Gasteiger partial charge in [0.15, 0.2) is 5.11 Å². The average molecular weight is 209 g/mol. The van der Waals surface area contributed by atoms with E-state index in [1.54, 1.807) is 0 Å². The van der Waals surface area contributed by atoms with E-state index in [9.17, 15) is 4.79 Å². The van der Waals surface area contributed by atoms with E-state index >= 15 is 0 Å². The maximum absolute atomic E-state index is 11.5. The van der Waals surface area contributed by atoms with Crippen LogP contribution in [-0.4, -0.2) is 16.6 Å². The molecule has 1 saturated heterocycles. The fourth-order valence-corrected chi connectivity index (χ4v) is 2.67. The standard InChI is InChI=1S/C9H11N3OS/c10-5-6-7(13)11-8(14)12-9(6)3-1-2-4-9/h6H,1-4H2,(H2,11,12,13,14). The second-order valence-corrected chi connectivity index (χ2v) is 4.28. The van der Waals surface area contributed by atoms with Crippen LogP contribution < -0.4 is 10.6 Å². The molecule has 2 rings (SSSR count). The molecule has 0 radical (unpaired) electrons. The van der Waals surface area contributed by atoms with Gasteiger partial charge in [-0.25, -0.2) is 0 Å². The minimum atomic E-state index is -0.600. The third kappa shape index (κ3) is 1.26. The van der Waals surface area contributed by atoms with Gasteiger partial charge in [-0.3, -0.25) is 4.79 Å². The number of nitrogens with zero attached hydrogens (tertiary/aromatic N) is 1. The number of rotatable bonds is 0. The second-order valence-electron chi connectivity index (χ2n) is 3.87. The number of thiocarbonyl (C=S) groups is 1. The molecule has 1 amide bonds. The van der Waals surface area contributed by atoms with Crippen molar-refractivity contribution in [1.29, 1.82) is 5.26 Å². The van der Waals surface area contributed by atoms with Crippen molar-refractivity contribution in [2.45, 2.75) is 31.2 Å². The summed E-state index contributed by atoms with van der Waals surface area (Å²) in [4.78, 5) is 11.5. The quantitative estimate of drug-likeness (QED) is 0.568. The normalized spacial score (nSPS) is 29.5. The van der Waals surface area contributed by atoms with Crippen molar-refractivity contribution < 1.29 is 4.79 Å². The summed E-state index contributed by atoms with van der Waals surface area (Å²) < 4.78 is 0. The molecule has 5 heteroatoms. The van der Waals surface area contributed by atoms with Gasteiger partial charge in [0.1, 0.15) is 5.92 Å². The monoisotopic (exact) mass is 209 g/mol. The van der Waals surface area contributed by atoms with Gasteiger partial charge in [-0.1, -0.05) is 12.8 Å². The summed E-state index contributed by atoms with van der Waals surface area (Å²) >= 11 is 4.94. The summed E-state index contributed by atoms with van der Waals surface area (Å²) in [6.45, 7) is 0. The molecular formula is C9H11N3OS. The Morgan fingerprint density at radius 3 is 2.71 bits per heavy atom. The Bertz CT molecular complexity index is 327. The predicted octanol–water partition coefficient (Wildman–Crippen LogP) is 0.443. The maximum Gasteiger partial charge on any atom is 0.245 e. The number of hydrogen-bond acceptors (Lipinski definition) is 3. The first kappa shape index (κ1) is 9.41. The maximum atomic E-state index is 11.5. The third-order valence-corrected chi connectivity index (χ3v) is 3.24. The molecule has 1 aliphatic carbocycles. The van der Waals surface area contributed by atoms with Crippen LogP contribution in [0.25, 0.3) is 0 Å². The summed E-state index contributed by atoms with van der Waals surface area (Å²) in [6.07, 6.45) is 3.83. The molecule has 2 fully saturated rings. The van der Waals surface area contributed by atoms with Crippen LogP contribution in [0.5, 0.6) is 0 Å². The SMILES string of the molecule is N#CC1C(=O)NC(=S)NC12CCCC2. The van der Waals surface area contributed by atoms with Crippen LogP contribution in [0.15, 0.2) is 0 Å². The molecule has 14 heavy (non-hydrogen) atoms. The number of carbonyl (C=O) groups is 1. The van der Waals surface area contributed by atoms with E-state index in [1.165, 1.54) is 0 Å². The summed E-state index contributed by atoms with van der Waals surface area (Å²) in [5.41, 5.74) is -0.381. The molecule has 0 bridgehead atoms. The molecule has 1 saturated carbocycles. The van der Waals surface area contributed by atoms with Gasteiger partial charge in [0.25, 0.3) is 0 Å². The van der Waals surface area contributed by atoms with Crippen LogP contribution in [0.2, 0.25) is 0 Å². The molecule has 1 atom stereocenters. The summed E-state index contributed by atoms with van der Waals surface area (Å²) in [6, 6.07) is 2.07. The summed E-state index contributed by atoms with van der Waals surface area (Å²) in [5.74, 6) is -0.852. The van der Waals surface area contributed by atoms with Crippen LogP contribution in [0.4, 0.5) is 0 Å². The van der Waals surface area contributed by atoms with Crippen molar-refractivity contribution in [1.82, 2.24) is 10.6 Å². The minimum Gasteiger partial charge on any atom is -0.355 e. The molecule has 74 valence electrons. The van der Waals surface area contributed by atoms with Gasteiger partial charge in [0.2, 0.25) is 5.91 Å². The number of hydrogen-bond donors (Lipinski definition) is 2. The lowest BCUT2D eigenvalue weighted by Crippen LogP contribution is -2.64. The highest BCUT2D eigenvalue weighted by Gasteiger charge is 2.48. The molecule has 2 aliphatic rings. The van der Waals surface area contributed by atoms with E-state index in [-0.39, 0.29) is 11.4 Å². The Morgan fingerprint density at radius 1 is 1.50 bits per heavy atom. The first-order chi connectivity index (χ1) is 6.68. The molecule has 0 aromatic rings. The van der Waals surface area contributed by atoms with E-state index in [0.717, 1.165) is 25.7 Å². The van der Waals surface area contributed by atoms with E-state index < -0.39 is 5.92 Å². The third-order valence-electron chi connectivity index (χ3n) is 3.04. The van der Waals surface area contributed by atoms with Gasteiger partial charge >= 0.3 is 0 Å². The van der Waals surface area contributed by atoms with Crippen molar-refractivity contribution in [3.05, 3.63) is 0 Å². The van der Waals surface area contributed by atoms with Gasteiger partial charge in [-0.15, -0.1) is 0 Å². The zero-order valence-corrected chi connectivity index (χ0v) is 8.49. The molecule has 1 unspecified atom stereocenters. The van der Waals surface area contributed by atoms with Crippen molar-refractivity contribution >= 4 is 23.2 Å². The molecule has 0 aromatic carbocycles. The lowest BCUT2D eigenvalue weighted by atomic mass is 9.81. The van der Waals surface area contributed by atoms with Crippen molar-refractivity contribution in [3.8, 4) is 6.07 Å². The van der Waals surface area contributed by atoms with Crippen LogP contribution in [-0.2, 0) is 4.79 Å². The Hall–Kier alpha value is -1.15. The van der Waals surface area contributed by atoms with Crippen LogP contribution in [0, 0.1) is 17.2 Å². The van der Waals surface area contributed by atoms with E-state index in [0.29, 0.717) is 5.11 Å². The molecule has 1 spiro atoms. The average Bonchev–Trinajstić information content (AvgIpc) is 2.53. The fourth-order valence-electron chi connectivity index (χ4n) is 2.37. The number of nitrogens with one attached hydrogen (secondary N) is 2. The minimum absolute atomic E-state index is 0.252. The highest BCUT2D eigenvalue weighted by molar-refractivity contribution is 7.80. The Labute approximate surface area is 87.7 Å². The summed E-state index contributed by atoms with van der Waals surface area (Å²) in [5, 5.41) is 14.9. The fraction of sp³-hybridized carbons (Fsp3) is 0.667. The zero-order valence-electron chi connectivity index (χ0n) is 7.67. The highest BCUT2D eigenvalue weighted by Crippen LogP contribution is 2.37. The smallest absolute Gasteiger partial charge is 0.245 e. The Kier molecular flexibility index (Phi) is 2.16. The van der Waals surface area contributed by atoms with Gasteiger partial charge < -0.3 is 10.6 Å². The van der Waals surface area contributed by atoms with E-state index in [2.05, 4.69) is 16.7 Å².